The third-order valence-corrected chi connectivity index (χ3v) is 5.82. The third kappa shape index (κ3) is 10.4. The van der Waals surface area contributed by atoms with Gasteiger partial charge in [0.05, 0.1) is 18.7 Å². The first-order chi connectivity index (χ1) is 17.7. The summed E-state index contributed by atoms with van der Waals surface area (Å²) in [7, 11) is 1.66. The maximum absolute atomic E-state index is 11.2. The number of pyridine rings is 1. The number of hydrogen-bond acceptors (Lipinski definition) is 10. The van der Waals surface area contributed by atoms with Crippen LogP contribution in [0.2, 0.25) is 0 Å². The molecule has 4 heterocycles. The average molecular weight is 542 g/mol. The van der Waals surface area contributed by atoms with E-state index in [2.05, 4.69) is 22.5 Å². The van der Waals surface area contributed by atoms with E-state index in [1.54, 1.807) is 13.3 Å². The largest absolute Gasteiger partial charge is 3.00 e. The SMILES string of the molecule is C=C[C@H]1CN2CC[C@H]1C[C@H]2[C@H](O)c1ccnc2ccc(OC)cc12.[C-]#N.[C-]#N.[C-]#N.[C-]#N.[C-]#N.[C-]#N.[Co+3].[H+].[H+].[H+]. The summed E-state index contributed by atoms with van der Waals surface area (Å²) in [5, 5.41) is 49.6. The van der Waals surface area contributed by atoms with Gasteiger partial charge in [-0.3, -0.25) is 9.88 Å². The summed E-state index contributed by atoms with van der Waals surface area (Å²) in [5.74, 6) is 2.01. The van der Waals surface area contributed by atoms with Crippen LogP contribution in [0.1, 0.15) is 28.8 Å². The van der Waals surface area contributed by atoms with Crippen molar-refractivity contribution in [1.82, 2.24) is 9.88 Å². The van der Waals surface area contributed by atoms with Crippen molar-refractivity contribution in [2.24, 2.45) is 11.8 Å². The number of hydrogen-bond donors (Lipinski definition) is 1. The molecule has 3 aliphatic heterocycles. The van der Waals surface area contributed by atoms with E-state index in [9.17, 15) is 5.11 Å². The van der Waals surface area contributed by atoms with Crippen molar-refractivity contribution in [2.45, 2.75) is 25.0 Å². The van der Waals surface area contributed by atoms with Crippen molar-refractivity contribution in [3.63, 3.8) is 0 Å². The van der Waals surface area contributed by atoms with Gasteiger partial charge in [-0.15, -0.1) is 6.58 Å². The second-order valence-corrected chi connectivity index (χ2v) is 6.97. The van der Waals surface area contributed by atoms with Gasteiger partial charge in [0, 0.05) is 24.2 Å². The Labute approximate surface area is 234 Å². The zero-order valence-corrected chi connectivity index (χ0v) is 21.1. The second-order valence-electron chi connectivity index (χ2n) is 6.97. The number of piperidine rings is 3. The quantitative estimate of drug-likeness (QED) is 0.435. The zero-order chi connectivity index (χ0) is 28.7. The molecule has 0 aliphatic carbocycles. The molecule has 1 aromatic carbocycles. The van der Waals surface area contributed by atoms with Crippen LogP contribution in [-0.4, -0.2) is 41.2 Å². The van der Waals surface area contributed by atoms with Crippen molar-refractivity contribution in [3.05, 3.63) is 88.1 Å². The fraction of sp³-hybridized carbons (Fsp3) is 0.346. The first-order valence-corrected chi connectivity index (χ1v) is 10.0. The molecule has 11 heteroatoms. The first kappa shape index (κ1) is 39.7. The van der Waals surface area contributed by atoms with Crippen LogP contribution < -0.4 is 4.74 Å². The van der Waals surface area contributed by atoms with E-state index in [0.29, 0.717) is 11.8 Å². The Hall–Kier alpha value is -4.46. The predicted octanol–water partition coefficient (Wildman–Crippen LogP) is 4.09. The number of fused-ring (bicyclic) bond motifs is 4. The summed E-state index contributed by atoms with van der Waals surface area (Å²) in [5.41, 5.74) is 1.85. The summed E-state index contributed by atoms with van der Waals surface area (Å²) in [6.45, 7) is 34.6. The minimum absolute atomic E-state index is 0. The molecule has 2 bridgehead atoms. The maximum Gasteiger partial charge on any atom is 3.00 e. The van der Waals surface area contributed by atoms with Crippen LogP contribution in [0.3, 0.4) is 0 Å². The number of aromatic nitrogens is 1. The fourth-order valence-corrected chi connectivity index (χ4v) is 4.44. The minimum Gasteiger partial charge on any atom is -0.512 e. The van der Waals surface area contributed by atoms with Gasteiger partial charge in [0.15, 0.2) is 0 Å². The van der Waals surface area contributed by atoms with Crippen molar-refractivity contribution in [2.75, 3.05) is 20.2 Å². The van der Waals surface area contributed by atoms with Crippen molar-refractivity contribution in [1.29, 1.82) is 31.6 Å². The van der Waals surface area contributed by atoms with Crippen LogP contribution >= 0.6 is 0 Å². The summed E-state index contributed by atoms with van der Waals surface area (Å²) >= 11 is 0. The van der Waals surface area contributed by atoms with E-state index >= 15 is 0 Å². The number of nitrogens with zero attached hydrogens (tertiary/aromatic N) is 8. The predicted molar refractivity (Wildman–Crippen MR) is 128 cm³/mol. The third-order valence-electron chi connectivity index (χ3n) is 5.82. The number of aliphatic hydroxyl groups is 1. The summed E-state index contributed by atoms with van der Waals surface area (Å²) in [6, 6.07) is 7.96. The Bertz CT molecular complexity index is 1000. The van der Waals surface area contributed by atoms with Gasteiger partial charge in [-0.05, 0) is 61.1 Å². The molecule has 5 rings (SSSR count). The van der Waals surface area contributed by atoms with E-state index < -0.39 is 6.10 Å². The molecule has 0 amide bonds. The van der Waals surface area contributed by atoms with Crippen LogP contribution in [0.5, 0.6) is 5.75 Å². The van der Waals surface area contributed by atoms with Gasteiger partial charge < -0.3 is 80.8 Å². The van der Waals surface area contributed by atoms with Crippen LogP contribution in [0, 0.1) is 82.8 Å². The number of ether oxygens (including phenoxy) is 1. The standard InChI is InChI=1S/C20H24N2O2.6CN.Co/c1-3-13-12-22-9-7-14(13)10-19(22)20(23)16-6-8-21-18-5-4-15(24-2)11-17(16)18;6*1-2;/h3-6,8,11,13-14,19-20,23H,1,7,9-10,12H2,2H3;;;;;;;/q;6*-1;+3/p+3/t13-,14-,19-,20+;;;;;;;/m0......./s1. The number of benzene rings is 1. The maximum atomic E-state index is 11.2. The second kappa shape index (κ2) is 24.7. The molecule has 0 radical (unpaired) electrons. The van der Waals surface area contributed by atoms with Crippen LogP contribution in [0.25, 0.3) is 10.9 Å². The molecule has 3 aliphatic rings. The Morgan fingerprint density at radius 3 is 2.08 bits per heavy atom. The summed E-state index contributed by atoms with van der Waals surface area (Å²) in [4.78, 5) is 6.86. The molecule has 1 N–H and O–H groups in total. The summed E-state index contributed by atoms with van der Waals surface area (Å²) in [6.07, 6.45) is 5.62. The van der Waals surface area contributed by atoms with E-state index in [1.807, 2.05) is 24.3 Å². The normalized spacial score (nSPS) is 19.9. The smallest absolute Gasteiger partial charge is 0.512 e. The summed E-state index contributed by atoms with van der Waals surface area (Å²) < 4.78 is 5.35. The number of rotatable bonds is 4. The van der Waals surface area contributed by atoms with Gasteiger partial charge in [0.25, 0.3) is 0 Å². The molecule has 1 aromatic heterocycles. The Morgan fingerprint density at radius 1 is 1.05 bits per heavy atom. The molecule has 10 nitrogen and oxygen atoms in total. The van der Waals surface area contributed by atoms with E-state index in [4.69, 9.17) is 75.7 Å². The molecule has 3 fully saturated rings. The van der Waals surface area contributed by atoms with Gasteiger partial charge in [-0.25, -0.2) is 0 Å². The van der Waals surface area contributed by atoms with Crippen LogP contribution in [0.15, 0.2) is 43.1 Å². The molecule has 0 saturated carbocycles. The van der Waals surface area contributed by atoms with Gasteiger partial charge in [0.2, 0.25) is 0 Å². The Kier molecular flexibility index (Phi) is 26.5. The van der Waals surface area contributed by atoms with Gasteiger partial charge in [-0.1, -0.05) is 6.08 Å². The monoisotopic (exact) mass is 542 g/mol. The van der Waals surface area contributed by atoms with Crippen molar-refractivity contribution >= 4 is 10.9 Å². The topological polar surface area (TPSA) is 188 Å². The average Bonchev–Trinajstić information content (AvgIpc) is 3.02. The van der Waals surface area contributed by atoms with Crippen molar-refractivity contribution < 1.29 is 30.9 Å². The minimum atomic E-state index is -0.504. The fourth-order valence-electron chi connectivity index (χ4n) is 4.44. The van der Waals surface area contributed by atoms with Crippen molar-refractivity contribution in [3.8, 4) is 5.75 Å². The van der Waals surface area contributed by atoms with Gasteiger partial charge in [0.1, 0.15) is 5.75 Å². The number of aliphatic hydroxyl groups excluding tert-OH is 1. The molecule has 2 aromatic rings. The Balaban J connectivity index is -0.000000122. The van der Waals surface area contributed by atoms with E-state index in [0.717, 1.165) is 41.7 Å². The van der Waals surface area contributed by atoms with E-state index in [-0.39, 0.29) is 27.1 Å². The first-order valence-electron chi connectivity index (χ1n) is 10.0. The van der Waals surface area contributed by atoms with Crippen LogP contribution in [0.4, 0.5) is 0 Å². The molecular formula is C26H27CoN8O2. The molecule has 0 spiro atoms. The molecule has 3 saturated heterocycles. The van der Waals surface area contributed by atoms with Gasteiger partial charge >= 0.3 is 21.1 Å². The molecular weight excluding hydrogens is 515 g/mol. The molecule has 5 atom stereocenters. The number of methoxy groups -OCH3 is 1. The molecule has 192 valence electrons. The van der Waals surface area contributed by atoms with E-state index in [1.165, 1.54) is 6.42 Å². The van der Waals surface area contributed by atoms with Crippen LogP contribution in [-0.2, 0) is 16.8 Å². The zero-order valence-electron chi connectivity index (χ0n) is 23.1. The molecule has 37 heavy (non-hydrogen) atoms. The molecule has 1 unspecified atom stereocenters. The van der Waals surface area contributed by atoms with Gasteiger partial charge in [-0.2, -0.15) is 0 Å². The Morgan fingerprint density at radius 2 is 1.62 bits per heavy atom.